The molecule has 0 spiro atoms. The average molecular weight is 356 g/mol. The molecule has 1 fully saturated rings. The Hall–Kier alpha value is -1.79. The van der Waals surface area contributed by atoms with Crippen LogP contribution in [0.15, 0.2) is 18.2 Å². The maximum atomic E-state index is 12.0. The van der Waals surface area contributed by atoms with Crippen LogP contribution >= 0.6 is 11.6 Å². The minimum absolute atomic E-state index is 0.133. The van der Waals surface area contributed by atoms with Crippen LogP contribution in [0.1, 0.15) is 24.8 Å². The van der Waals surface area contributed by atoms with Gasteiger partial charge in [0.2, 0.25) is 5.91 Å². The zero-order valence-corrected chi connectivity index (χ0v) is 14.4. The highest BCUT2D eigenvalue weighted by Crippen LogP contribution is 2.30. The third kappa shape index (κ3) is 4.61. The second-order valence-corrected chi connectivity index (χ2v) is 6.35. The molecule has 1 amide bonds. The zero-order chi connectivity index (χ0) is 17.6. The Morgan fingerprint density at radius 3 is 2.67 bits per heavy atom. The fourth-order valence-electron chi connectivity index (χ4n) is 2.71. The Morgan fingerprint density at radius 2 is 2.08 bits per heavy atom. The number of carboxylic acids is 1. The SMILES string of the molecule is COc1ccc(CCC(=O)NCC2(C(=O)O)CCOCC2)cc1Cl. The summed E-state index contributed by atoms with van der Waals surface area (Å²) < 4.78 is 10.3. The Balaban J connectivity index is 1.84. The van der Waals surface area contributed by atoms with Crippen LogP contribution < -0.4 is 10.1 Å². The Labute approximate surface area is 146 Å². The number of carboxylic acid groups (broad SMARTS) is 1. The number of methoxy groups -OCH3 is 1. The number of halogens is 1. The van der Waals surface area contributed by atoms with Gasteiger partial charge in [0.15, 0.2) is 0 Å². The Morgan fingerprint density at radius 1 is 1.38 bits per heavy atom. The first-order chi connectivity index (χ1) is 11.5. The molecule has 2 rings (SSSR count). The normalized spacial score (nSPS) is 16.4. The number of rotatable bonds is 7. The van der Waals surface area contributed by atoms with Crippen molar-refractivity contribution in [3.63, 3.8) is 0 Å². The van der Waals surface area contributed by atoms with Crippen molar-refractivity contribution in [2.45, 2.75) is 25.7 Å². The number of nitrogens with one attached hydrogen (secondary N) is 1. The van der Waals surface area contributed by atoms with Gasteiger partial charge >= 0.3 is 5.97 Å². The summed E-state index contributed by atoms with van der Waals surface area (Å²) in [6, 6.07) is 5.39. The first kappa shape index (κ1) is 18.5. The fourth-order valence-corrected chi connectivity index (χ4v) is 2.99. The zero-order valence-electron chi connectivity index (χ0n) is 13.6. The second kappa shape index (κ2) is 8.35. The van der Waals surface area contributed by atoms with E-state index in [1.165, 1.54) is 0 Å². The van der Waals surface area contributed by atoms with E-state index in [-0.39, 0.29) is 18.9 Å². The monoisotopic (exact) mass is 355 g/mol. The summed E-state index contributed by atoms with van der Waals surface area (Å²) in [6.07, 6.45) is 1.63. The summed E-state index contributed by atoms with van der Waals surface area (Å²) in [4.78, 5) is 23.6. The molecule has 0 bridgehead atoms. The van der Waals surface area contributed by atoms with Crippen molar-refractivity contribution in [3.8, 4) is 5.75 Å². The summed E-state index contributed by atoms with van der Waals surface area (Å²) in [5.74, 6) is -0.463. The summed E-state index contributed by atoms with van der Waals surface area (Å²) in [5, 5.41) is 12.7. The molecule has 132 valence electrons. The standard InChI is InChI=1S/C17H22ClNO5/c1-23-14-4-2-12(10-13(14)18)3-5-15(20)19-11-17(16(21)22)6-8-24-9-7-17/h2,4,10H,3,5-9,11H2,1H3,(H,19,20)(H,21,22). The number of aliphatic carboxylic acids is 1. The van der Waals surface area contributed by atoms with Crippen molar-refractivity contribution < 1.29 is 24.2 Å². The highest BCUT2D eigenvalue weighted by atomic mass is 35.5. The van der Waals surface area contributed by atoms with Crippen molar-refractivity contribution in [2.24, 2.45) is 5.41 Å². The van der Waals surface area contributed by atoms with Gasteiger partial charge in [0.1, 0.15) is 5.75 Å². The number of ether oxygens (including phenoxy) is 2. The van der Waals surface area contributed by atoms with E-state index in [4.69, 9.17) is 21.1 Å². The Kier molecular flexibility index (Phi) is 6.45. The molecule has 0 atom stereocenters. The molecule has 6 nitrogen and oxygen atoms in total. The van der Waals surface area contributed by atoms with Gasteiger partial charge in [-0.05, 0) is 37.0 Å². The van der Waals surface area contributed by atoms with Crippen molar-refractivity contribution in [2.75, 3.05) is 26.9 Å². The van der Waals surface area contributed by atoms with E-state index in [1.807, 2.05) is 6.07 Å². The molecule has 0 aromatic heterocycles. The fraction of sp³-hybridized carbons (Fsp3) is 0.529. The molecule has 2 N–H and O–H groups in total. The van der Waals surface area contributed by atoms with E-state index < -0.39 is 11.4 Å². The third-order valence-corrected chi connectivity index (χ3v) is 4.68. The molecule has 1 saturated heterocycles. The van der Waals surface area contributed by atoms with Gasteiger partial charge in [0.25, 0.3) is 0 Å². The first-order valence-corrected chi connectivity index (χ1v) is 8.25. The highest BCUT2D eigenvalue weighted by Gasteiger charge is 2.40. The van der Waals surface area contributed by atoms with Gasteiger partial charge in [-0.1, -0.05) is 17.7 Å². The molecule has 0 saturated carbocycles. The van der Waals surface area contributed by atoms with E-state index in [9.17, 15) is 14.7 Å². The van der Waals surface area contributed by atoms with E-state index >= 15 is 0 Å². The summed E-state index contributed by atoms with van der Waals surface area (Å²) in [6.45, 7) is 0.951. The molecule has 0 aliphatic carbocycles. The predicted octanol–water partition coefficient (Wildman–Crippen LogP) is 2.28. The first-order valence-electron chi connectivity index (χ1n) is 7.87. The Bertz CT molecular complexity index is 599. The van der Waals surface area contributed by atoms with Crippen LogP contribution in [0.25, 0.3) is 0 Å². The van der Waals surface area contributed by atoms with E-state index in [0.29, 0.717) is 43.2 Å². The molecule has 0 radical (unpaired) electrons. The number of aryl methyl sites for hydroxylation is 1. The summed E-state index contributed by atoms with van der Waals surface area (Å²) >= 11 is 6.06. The number of amides is 1. The molecule has 1 aromatic carbocycles. The van der Waals surface area contributed by atoms with Gasteiger partial charge in [-0.25, -0.2) is 0 Å². The lowest BCUT2D eigenvalue weighted by Crippen LogP contribution is -2.46. The van der Waals surface area contributed by atoms with Crippen LogP contribution in [-0.2, 0) is 20.7 Å². The van der Waals surface area contributed by atoms with Crippen molar-refractivity contribution >= 4 is 23.5 Å². The largest absolute Gasteiger partial charge is 0.495 e. The highest BCUT2D eigenvalue weighted by molar-refractivity contribution is 6.32. The second-order valence-electron chi connectivity index (χ2n) is 5.94. The molecule has 1 aromatic rings. The average Bonchev–Trinajstić information content (AvgIpc) is 2.59. The minimum Gasteiger partial charge on any atom is -0.495 e. The number of benzene rings is 1. The third-order valence-electron chi connectivity index (χ3n) is 4.38. The van der Waals surface area contributed by atoms with Gasteiger partial charge in [-0.2, -0.15) is 0 Å². The van der Waals surface area contributed by atoms with Gasteiger partial charge in [0.05, 0.1) is 17.5 Å². The van der Waals surface area contributed by atoms with Crippen molar-refractivity contribution in [1.82, 2.24) is 5.32 Å². The molecule has 24 heavy (non-hydrogen) atoms. The molecule has 1 heterocycles. The minimum atomic E-state index is -0.919. The number of carbonyl (C=O) groups is 2. The molecule has 7 heteroatoms. The lowest BCUT2D eigenvalue weighted by atomic mass is 9.80. The maximum Gasteiger partial charge on any atom is 0.311 e. The maximum absolute atomic E-state index is 12.0. The molecule has 1 aliphatic heterocycles. The number of hydrogen-bond donors (Lipinski definition) is 2. The smallest absolute Gasteiger partial charge is 0.311 e. The van der Waals surface area contributed by atoms with Crippen LogP contribution in [0.4, 0.5) is 0 Å². The lowest BCUT2D eigenvalue weighted by molar-refractivity contribution is -0.154. The van der Waals surface area contributed by atoms with Crippen molar-refractivity contribution in [1.29, 1.82) is 0 Å². The van der Waals surface area contributed by atoms with E-state index in [2.05, 4.69) is 5.32 Å². The molecule has 1 aliphatic rings. The van der Waals surface area contributed by atoms with Crippen LogP contribution in [-0.4, -0.2) is 43.9 Å². The quantitative estimate of drug-likeness (QED) is 0.783. The van der Waals surface area contributed by atoms with Crippen LogP contribution in [0.2, 0.25) is 5.02 Å². The van der Waals surface area contributed by atoms with Crippen LogP contribution in [0.3, 0.4) is 0 Å². The lowest BCUT2D eigenvalue weighted by Gasteiger charge is -2.33. The molecule has 0 unspecified atom stereocenters. The van der Waals surface area contributed by atoms with E-state index in [0.717, 1.165) is 5.56 Å². The van der Waals surface area contributed by atoms with Crippen LogP contribution in [0, 0.1) is 5.41 Å². The van der Waals surface area contributed by atoms with Gasteiger partial charge in [-0.3, -0.25) is 9.59 Å². The predicted molar refractivity (Wildman–Crippen MR) is 89.5 cm³/mol. The molecular formula is C17H22ClNO5. The van der Waals surface area contributed by atoms with Crippen LogP contribution in [0.5, 0.6) is 5.75 Å². The number of hydrogen-bond acceptors (Lipinski definition) is 4. The topological polar surface area (TPSA) is 84.9 Å². The molecular weight excluding hydrogens is 334 g/mol. The van der Waals surface area contributed by atoms with E-state index in [1.54, 1.807) is 19.2 Å². The van der Waals surface area contributed by atoms with Crippen molar-refractivity contribution in [3.05, 3.63) is 28.8 Å². The van der Waals surface area contributed by atoms with Gasteiger partial charge in [0, 0.05) is 26.2 Å². The van der Waals surface area contributed by atoms with Gasteiger partial charge in [-0.15, -0.1) is 0 Å². The van der Waals surface area contributed by atoms with Gasteiger partial charge < -0.3 is 19.9 Å². The summed E-state index contributed by atoms with van der Waals surface area (Å²) in [5.41, 5.74) is 0.00658. The summed E-state index contributed by atoms with van der Waals surface area (Å²) in [7, 11) is 1.54. The number of carbonyl (C=O) groups excluding carboxylic acids is 1.